The predicted octanol–water partition coefficient (Wildman–Crippen LogP) is 6.30. The second-order valence-corrected chi connectivity index (χ2v) is 8.58. The highest BCUT2D eigenvalue weighted by Gasteiger charge is 2.24. The third-order valence-electron chi connectivity index (χ3n) is 3.87. The maximum atomic E-state index is 2.61. The number of unbranched alkanes of at least 4 members (excludes halogenated alkanes) is 2. The molecule has 0 radical (unpaired) electrons. The van der Waals surface area contributed by atoms with Crippen molar-refractivity contribution in [2.45, 2.75) is 87.0 Å². The molecule has 0 saturated heterocycles. The molecule has 1 nitrogen and oxygen atoms in total. The van der Waals surface area contributed by atoms with Crippen LogP contribution < -0.4 is 0 Å². The van der Waals surface area contributed by atoms with Crippen molar-refractivity contribution < 1.29 is 0 Å². The molecule has 0 aliphatic rings. The normalized spacial score (nSPS) is 13.5. The molecule has 0 aromatic carbocycles. The van der Waals surface area contributed by atoms with E-state index in [4.69, 9.17) is 0 Å². The van der Waals surface area contributed by atoms with E-state index in [-0.39, 0.29) is 0 Å². The van der Waals surface area contributed by atoms with Gasteiger partial charge < -0.3 is 0 Å². The molecule has 1 heteroatoms. The highest BCUT2D eigenvalue weighted by Crippen LogP contribution is 2.35. The van der Waals surface area contributed by atoms with Gasteiger partial charge in [-0.15, -0.1) is 0 Å². The number of hydrogen-bond acceptors (Lipinski definition) is 1. The zero-order valence-corrected chi connectivity index (χ0v) is 16.0. The van der Waals surface area contributed by atoms with Gasteiger partial charge in [0.25, 0.3) is 0 Å². The van der Waals surface area contributed by atoms with Crippen LogP contribution in [0.1, 0.15) is 87.0 Å². The minimum atomic E-state index is 0.409. The molecule has 0 aliphatic carbocycles. The fraction of sp³-hybridized carbons (Fsp3) is 0.900. The van der Waals surface area contributed by atoms with Crippen LogP contribution >= 0.6 is 0 Å². The van der Waals surface area contributed by atoms with Crippen molar-refractivity contribution >= 4 is 0 Å². The Labute approximate surface area is 135 Å². The van der Waals surface area contributed by atoms with E-state index >= 15 is 0 Å². The zero-order chi connectivity index (χ0) is 16.4. The molecule has 0 heterocycles. The van der Waals surface area contributed by atoms with Gasteiger partial charge in [-0.3, -0.25) is 4.90 Å². The number of hydrogen-bond donors (Lipinski definition) is 0. The summed E-state index contributed by atoms with van der Waals surface area (Å²) in [5.41, 5.74) is 0.831. The fourth-order valence-corrected chi connectivity index (χ4v) is 3.19. The molecular formula is C20H41N. The van der Waals surface area contributed by atoms with Gasteiger partial charge in [0.15, 0.2) is 0 Å². The smallest absolute Gasteiger partial charge is 0.0163 e. The average molecular weight is 296 g/mol. The molecule has 0 fully saturated rings. The van der Waals surface area contributed by atoms with Crippen LogP contribution in [0, 0.1) is 10.8 Å². The van der Waals surface area contributed by atoms with E-state index in [0.717, 1.165) is 6.54 Å². The van der Waals surface area contributed by atoms with E-state index in [1.807, 2.05) is 0 Å². The first kappa shape index (κ1) is 20.7. The highest BCUT2D eigenvalue weighted by atomic mass is 15.1. The quantitative estimate of drug-likeness (QED) is 0.404. The lowest BCUT2D eigenvalue weighted by atomic mass is 9.74. The van der Waals surface area contributed by atoms with Gasteiger partial charge in [-0.1, -0.05) is 73.5 Å². The minimum absolute atomic E-state index is 0.409. The van der Waals surface area contributed by atoms with Gasteiger partial charge in [0.1, 0.15) is 0 Å². The van der Waals surface area contributed by atoms with Crippen molar-refractivity contribution in [2.24, 2.45) is 10.8 Å². The van der Waals surface area contributed by atoms with E-state index in [1.54, 1.807) is 0 Å². The maximum Gasteiger partial charge on any atom is 0.0163 e. The number of allylic oxidation sites excluding steroid dienone is 1. The molecule has 126 valence electrons. The Kier molecular flexibility index (Phi) is 10.3. The van der Waals surface area contributed by atoms with Crippen molar-refractivity contribution in [3.05, 3.63) is 12.2 Å². The van der Waals surface area contributed by atoms with Gasteiger partial charge in [-0.25, -0.2) is 0 Å². The van der Waals surface area contributed by atoms with Gasteiger partial charge in [-0.05, 0) is 49.6 Å². The Hall–Kier alpha value is -0.300. The molecular weight excluding hydrogens is 254 g/mol. The third-order valence-corrected chi connectivity index (χ3v) is 3.87. The molecule has 0 spiro atoms. The van der Waals surface area contributed by atoms with Crippen LogP contribution in [0.3, 0.4) is 0 Å². The lowest BCUT2D eigenvalue weighted by Gasteiger charge is -2.31. The van der Waals surface area contributed by atoms with Crippen LogP contribution in [0.15, 0.2) is 12.2 Å². The molecule has 0 atom stereocenters. The summed E-state index contributed by atoms with van der Waals surface area (Å²) >= 11 is 0. The standard InChI is InChI=1S/C20H41N/c1-8-10-15-21(16-11-9-2)17-13-12-14-20(6,7)18-19(3,4)5/h12-13H,8-11,14-18H2,1-7H3/b13-12+. The molecule has 0 rings (SSSR count). The molecule has 0 aliphatic heterocycles. The Balaban J connectivity index is 4.19. The summed E-state index contributed by atoms with van der Waals surface area (Å²) in [6, 6.07) is 0. The van der Waals surface area contributed by atoms with Crippen LogP contribution in [0.2, 0.25) is 0 Å². The van der Waals surface area contributed by atoms with Gasteiger partial charge in [0.2, 0.25) is 0 Å². The Morgan fingerprint density at radius 2 is 1.33 bits per heavy atom. The van der Waals surface area contributed by atoms with Gasteiger partial charge in [0.05, 0.1) is 0 Å². The number of rotatable bonds is 11. The Bertz CT molecular complexity index is 262. The summed E-state index contributed by atoms with van der Waals surface area (Å²) in [6.07, 6.45) is 12.5. The van der Waals surface area contributed by atoms with E-state index in [2.05, 4.69) is 65.5 Å². The summed E-state index contributed by atoms with van der Waals surface area (Å²) in [5, 5.41) is 0. The van der Waals surface area contributed by atoms with Gasteiger partial charge in [-0.2, -0.15) is 0 Å². The summed E-state index contributed by atoms with van der Waals surface area (Å²) in [7, 11) is 0. The van der Waals surface area contributed by atoms with Crippen LogP contribution in [-0.2, 0) is 0 Å². The van der Waals surface area contributed by atoms with Crippen LogP contribution in [0.5, 0.6) is 0 Å². The van der Waals surface area contributed by atoms with Gasteiger partial charge in [0, 0.05) is 6.54 Å². The molecule has 0 N–H and O–H groups in total. The summed E-state index contributed by atoms with van der Waals surface area (Å²) in [6.45, 7) is 20.0. The second kappa shape index (κ2) is 10.4. The molecule has 0 aromatic rings. The lowest BCUT2D eigenvalue weighted by Crippen LogP contribution is -2.26. The van der Waals surface area contributed by atoms with Crippen molar-refractivity contribution in [2.75, 3.05) is 19.6 Å². The lowest BCUT2D eigenvalue weighted by molar-refractivity contribution is 0.214. The topological polar surface area (TPSA) is 3.24 Å². The van der Waals surface area contributed by atoms with Crippen molar-refractivity contribution in [1.82, 2.24) is 4.90 Å². The Morgan fingerprint density at radius 1 is 0.810 bits per heavy atom. The molecule has 0 saturated carbocycles. The zero-order valence-electron chi connectivity index (χ0n) is 16.0. The third kappa shape index (κ3) is 13.1. The molecule has 0 bridgehead atoms. The first-order valence-corrected chi connectivity index (χ1v) is 9.07. The summed E-state index contributed by atoms with van der Waals surface area (Å²) < 4.78 is 0. The van der Waals surface area contributed by atoms with Crippen molar-refractivity contribution in [3.8, 4) is 0 Å². The number of nitrogens with zero attached hydrogens (tertiary/aromatic N) is 1. The molecule has 0 unspecified atom stereocenters. The highest BCUT2D eigenvalue weighted by molar-refractivity contribution is 4.91. The summed E-state index contributed by atoms with van der Waals surface area (Å²) in [5.74, 6) is 0. The first-order chi connectivity index (χ1) is 9.70. The largest absolute Gasteiger partial charge is 0.300 e. The van der Waals surface area contributed by atoms with Crippen LogP contribution in [0.25, 0.3) is 0 Å². The van der Waals surface area contributed by atoms with Crippen molar-refractivity contribution in [1.29, 1.82) is 0 Å². The molecule has 0 aromatic heterocycles. The van der Waals surface area contributed by atoms with Crippen LogP contribution in [-0.4, -0.2) is 24.5 Å². The summed E-state index contributed by atoms with van der Waals surface area (Å²) in [4.78, 5) is 2.61. The predicted molar refractivity (Wildman–Crippen MR) is 97.9 cm³/mol. The van der Waals surface area contributed by atoms with Gasteiger partial charge >= 0.3 is 0 Å². The van der Waals surface area contributed by atoms with E-state index in [0.29, 0.717) is 10.8 Å². The van der Waals surface area contributed by atoms with Crippen molar-refractivity contribution in [3.63, 3.8) is 0 Å². The maximum absolute atomic E-state index is 2.61. The average Bonchev–Trinajstić information content (AvgIpc) is 2.33. The molecule has 21 heavy (non-hydrogen) atoms. The van der Waals surface area contributed by atoms with E-state index < -0.39 is 0 Å². The second-order valence-electron chi connectivity index (χ2n) is 8.58. The minimum Gasteiger partial charge on any atom is -0.300 e. The Morgan fingerprint density at radius 3 is 1.76 bits per heavy atom. The fourth-order valence-electron chi connectivity index (χ4n) is 3.19. The first-order valence-electron chi connectivity index (χ1n) is 9.07. The monoisotopic (exact) mass is 295 g/mol. The van der Waals surface area contributed by atoms with Crippen LogP contribution in [0.4, 0.5) is 0 Å². The molecule has 0 amide bonds. The SMILES string of the molecule is CCCCN(C/C=C/CC(C)(C)CC(C)(C)C)CCCC. The van der Waals surface area contributed by atoms with E-state index in [9.17, 15) is 0 Å². The van der Waals surface area contributed by atoms with E-state index in [1.165, 1.54) is 51.6 Å².